The van der Waals surface area contributed by atoms with Crippen LogP contribution in [0.3, 0.4) is 0 Å². The predicted molar refractivity (Wildman–Crippen MR) is 153 cm³/mol. The molecule has 5 rings (SSSR count). The van der Waals surface area contributed by atoms with E-state index in [1.807, 2.05) is 0 Å². The van der Waals surface area contributed by atoms with E-state index in [1.54, 1.807) is 12.5 Å². The van der Waals surface area contributed by atoms with Gasteiger partial charge in [-0.05, 0) is 111 Å². The van der Waals surface area contributed by atoms with Crippen molar-refractivity contribution in [2.24, 2.45) is 46.3 Å². The molecule has 0 unspecified atom stereocenters. The number of carbonyl (C=O) groups is 1. The lowest BCUT2D eigenvalue weighted by Crippen LogP contribution is -2.59. The molecule has 3 nitrogen and oxygen atoms in total. The summed E-state index contributed by atoms with van der Waals surface area (Å²) in [6.45, 7) is 16.8. The summed E-state index contributed by atoms with van der Waals surface area (Å²) >= 11 is 0. The first kappa shape index (κ1) is 27.7. The number of carbonyl (C=O) groups excluding carboxylic acids is 1. The Hall–Kier alpha value is -0.830. The highest BCUT2D eigenvalue weighted by molar-refractivity contribution is 5.66. The highest BCUT2D eigenvalue weighted by Gasteiger charge is 2.61. The second-order valence-electron chi connectivity index (χ2n) is 15.0. The van der Waals surface area contributed by atoms with Crippen LogP contribution < -0.4 is 0 Å². The minimum atomic E-state index is -0.108. The Morgan fingerprint density at radius 1 is 1.00 bits per heavy atom. The van der Waals surface area contributed by atoms with Crippen molar-refractivity contribution in [2.45, 2.75) is 137 Å². The molecule has 0 aromatic heterocycles. The van der Waals surface area contributed by atoms with Crippen LogP contribution in [-0.2, 0) is 9.53 Å². The molecule has 4 aliphatic carbocycles. The van der Waals surface area contributed by atoms with Crippen molar-refractivity contribution in [3.63, 3.8) is 0 Å². The Balaban J connectivity index is 1.43. The van der Waals surface area contributed by atoms with Crippen molar-refractivity contribution in [3.05, 3.63) is 11.6 Å². The van der Waals surface area contributed by atoms with Crippen LogP contribution in [0.15, 0.2) is 11.6 Å². The summed E-state index contributed by atoms with van der Waals surface area (Å²) in [7, 11) is 0. The van der Waals surface area contributed by atoms with Gasteiger partial charge < -0.3 is 4.74 Å². The van der Waals surface area contributed by atoms with Crippen LogP contribution in [0, 0.1) is 46.3 Å². The van der Waals surface area contributed by atoms with Gasteiger partial charge in [-0.25, -0.2) is 0 Å². The number of rotatable bonds is 7. The predicted octanol–water partition coefficient (Wildman–Crippen LogP) is 8.42. The number of piperidine rings is 1. The van der Waals surface area contributed by atoms with E-state index in [0.29, 0.717) is 16.9 Å². The molecule has 1 saturated heterocycles. The molecule has 37 heavy (non-hydrogen) atoms. The molecule has 1 heterocycles. The molecule has 3 saturated carbocycles. The van der Waals surface area contributed by atoms with Gasteiger partial charge in [0, 0.05) is 19.4 Å². The fourth-order valence-corrected chi connectivity index (χ4v) is 10.5. The lowest BCUT2D eigenvalue weighted by atomic mass is 9.45. The fourth-order valence-electron chi connectivity index (χ4n) is 10.5. The van der Waals surface area contributed by atoms with E-state index < -0.39 is 0 Å². The highest BCUT2D eigenvalue weighted by Crippen LogP contribution is 2.68. The summed E-state index contributed by atoms with van der Waals surface area (Å²) < 4.78 is 5.78. The second-order valence-corrected chi connectivity index (χ2v) is 15.0. The first-order valence-corrected chi connectivity index (χ1v) is 16.3. The first-order chi connectivity index (χ1) is 17.6. The van der Waals surface area contributed by atoms with Crippen LogP contribution in [0.25, 0.3) is 0 Å². The molecule has 210 valence electrons. The molecule has 9 atom stereocenters. The number of hydrogen-bond donors (Lipinski definition) is 0. The van der Waals surface area contributed by atoms with E-state index in [0.717, 1.165) is 48.3 Å². The van der Waals surface area contributed by atoms with Gasteiger partial charge in [0.1, 0.15) is 6.10 Å². The summed E-state index contributed by atoms with van der Waals surface area (Å²) in [5.41, 5.74) is 2.46. The van der Waals surface area contributed by atoms with E-state index in [2.05, 4.69) is 45.6 Å². The van der Waals surface area contributed by atoms with E-state index in [-0.39, 0.29) is 12.1 Å². The largest absolute Gasteiger partial charge is 0.462 e. The summed E-state index contributed by atoms with van der Waals surface area (Å²) in [5, 5.41) is 0. The molecule has 0 radical (unpaired) electrons. The highest BCUT2D eigenvalue weighted by atomic mass is 16.5. The minimum absolute atomic E-state index is 0.0896. The molecule has 0 N–H and O–H groups in total. The number of ether oxygens (including phenoxy) is 1. The van der Waals surface area contributed by atoms with E-state index in [9.17, 15) is 4.79 Å². The van der Waals surface area contributed by atoms with Gasteiger partial charge in [-0.3, -0.25) is 9.69 Å². The van der Waals surface area contributed by atoms with Crippen LogP contribution >= 0.6 is 0 Å². The Morgan fingerprint density at radius 3 is 2.46 bits per heavy atom. The lowest BCUT2D eigenvalue weighted by molar-refractivity contribution is -0.149. The molecule has 0 amide bonds. The number of likely N-dealkylation sites (tertiary alicyclic amines) is 1. The van der Waals surface area contributed by atoms with Crippen molar-refractivity contribution in [2.75, 3.05) is 13.1 Å². The van der Waals surface area contributed by atoms with Crippen molar-refractivity contribution >= 4 is 5.97 Å². The van der Waals surface area contributed by atoms with E-state index in [4.69, 9.17) is 4.74 Å². The molecule has 1 aliphatic heterocycles. The third-order valence-corrected chi connectivity index (χ3v) is 12.4. The third-order valence-electron chi connectivity index (χ3n) is 12.4. The van der Waals surface area contributed by atoms with Crippen molar-refractivity contribution in [1.82, 2.24) is 4.90 Å². The van der Waals surface area contributed by atoms with E-state index in [1.165, 1.54) is 83.7 Å². The maximum atomic E-state index is 11.8. The van der Waals surface area contributed by atoms with Crippen LogP contribution in [0.1, 0.15) is 125 Å². The van der Waals surface area contributed by atoms with Gasteiger partial charge in [-0.2, -0.15) is 0 Å². The Bertz CT molecular complexity index is 843. The van der Waals surface area contributed by atoms with Gasteiger partial charge in [-0.15, -0.1) is 0 Å². The summed E-state index contributed by atoms with van der Waals surface area (Å²) in [4.78, 5) is 14.7. The van der Waals surface area contributed by atoms with Gasteiger partial charge >= 0.3 is 5.97 Å². The van der Waals surface area contributed by atoms with Gasteiger partial charge in [-0.1, -0.05) is 72.0 Å². The molecule has 4 fully saturated rings. The van der Waals surface area contributed by atoms with Crippen molar-refractivity contribution in [1.29, 1.82) is 0 Å². The topological polar surface area (TPSA) is 29.5 Å². The van der Waals surface area contributed by atoms with Gasteiger partial charge in [0.05, 0.1) is 0 Å². The normalized spacial score (nSPS) is 42.9. The maximum absolute atomic E-state index is 11.8. The fraction of sp³-hybridized carbons (Fsp3) is 0.912. The number of nitrogens with zero attached hydrogens (tertiary/aromatic N) is 1. The van der Waals surface area contributed by atoms with Crippen LogP contribution in [-0.4, -0.2) is 36.1 Å². The van der Waals surface area contributed by atoms with Crippen LogP contribution in [0.4, 0.5) is 0 Å². The standard InChI is InChI=1S/C34H57NO2/c1-23(2)11-10-12-24(3)28-13-14-29-32-30(16-18-34(28,29)6)33(5)17-15-27(37-25(4)36)21-26(33)22-31(32)35-19-8-7-9-20-35/h22-24,27-32H,7-21H2,1-6H3/t24-,27+,28+,29-,30-,31+,32-,33-,34+/m0/s1. The average molecular weight is 512 g/mol. The lowest BCUT2D eigenvalue weighted by Gasteiger charge is -2.62. The molecule has 5 aliphatic rings. The quantitative estimate of drug-likeness (QED) is 0.254. The second kappa shape index (κ2) is 11.0. The van der Waals surface area contributed by atoms with E-state index >= 15 is 0 Å². The zero-order valence-corrected chi connectivity index (χ0v) is 25.1. The summed E-state index contributed by atoms with van der Waals surface area (Å²) in [5.74, 6) is 4.97. The Morgan fingerprint density at radius 2 is 1.76 bits per heavy atom. The third kappa shape index (κ3) is 5.21. The zero-order chi connectivity index (χ0) is 26.4. The molecular weight excluding hydrogens is 454 g/mol. The number of esters is 1. The van der Waals surface area contributed by atoms with Gasteiger partial charge in [0.25, 0.3) is 0 Å². The molecule has 0 bridgehead atoms. The summed E-state index contributed by atoms with van der Waals surface area (Å²) in [6.07, 6.45) is 20.2. The van der Waals surface area contributed by atoms with Crippen LogP contribution in [0.5, 0.6) is 0 Å². The number of hydrogen-bond acceptors (Lipinski definition) is 3. The molecule has 0 aromatic rings. The minimum Gasteiger partial charge on any atom is -0.462 e. The Kier molecular flexibility index (Phi) is 8.22. The molecule has 0 spiro atoms. The van der Waals surface area contributed by atoms with Crippen LogP contribution in [0.2, 0.25) is 0 Å². The molecule has 3 heteroatoms. The smallest absolute Gasteiger partial charge is 0.302 e. The Labute approximate surface area is 228 Å². The van der Waals surface area contributed by atoms with Gasteiger partial charge in [0.2, 0.25) is 0 Å². The maximum Gasteiger partial charge on any atom is 0.302 e. The number of fused-ring (bicyclic) bond motifs is 5. The molecule has 0 aromatic carbocycles. The summed E-state index contributed by atoms with van der Waals surface area (Å²) in [6, 6.07) is 0.601. The van der Waals surface area contributed by atoms with Crippen molar-refractivity contribution in [3.8, 4) is 0 Å². The molecular formula is C34H57NO2. The SMILES string of the molecule is CC(=O)O[C@@H]1CC[C@@]2(C)C(=C[C@@H](N3CCCCC3)[C@H]3[C@@H]4CC[C@H]([C@@H](C)CCCC(C)C)[C@@]4(C)CC[C@@H]32)C1. The van der Waals surface area contributed by atoms with Crippen molar-refractivity contribution < 1.29 is 9.53 Å². The average Bonchev–Trinajstić information content (AvgIpc) is 3.21. The van der Waals surface area contributed by atoms with Gasteiger partial charge in [0.15, 0.2) is 0 Å². The monoisotopic (exact) mass is 511 g/mol. The zero-order valence-electron chi connectivity index (χ0n) is 25.1. The first-order valence-electron chi connectivity index (χ1n) is 16.3.